The molecule has 0 radical (unpaired) electrons. The van der Waals surface area contributed by atoms with Crippen LogP contribution in [0.1, 0.15) is 11.1 Å². The van der Waals surface area contributed by atoms with Crippen molar-refractivity contribution < 1.29 is 0 Å². The molecule has 2 nitrogen and oxygen atoms in total. The molecule has 24 heavy (non-hydrogen) atoms. The molecule has 0 amide bonds. The van der Waals surface area contributed by atoms with E-state index in [9.17, 15) is 0 Å². The van der Waals surface area contributed by atoms with E-state index in [1.165, 1.54) is 21.5 Å². The second-order valence-corrected chi connectivity index (χ2v) is 6.35. The predicted molar refractivity (Wildman–Crippen MR) is 100 cm³/mol. The Morgan fingerprint density at radius 1 is 0.458 bits per heavy atom. The zero-order valence-electron chi connectivity index (χ0n) is 12.8. The van der Waals surface area contributed by atoms with E-state index in [2.05, 4.69) is 72.8 Å². The van der Waals surface area contributed by atoms with Crippen LogP contribution in [0.5, 0.6) is 0 Å². The minimum atomic E-state index is 1.01. The molecule has 4 aromatic carbocycles. The first-order chi connectivity index (χ1) is 11.9. The highest BCUT2D eigenvalue weighted by Crippen LogP contribution is 2.41. The van der Waals surface area contributed by atoms with Crippen molar-refractivity contribution in [3.05, 3.63) is 83.9 Å². The Kier molecular flexibility index (Phi) is 2.12. The van der Waals surface area contributed by atoms with Crippen molar-refractivity contribution in [2.45, 2.75) is 0 Å². The van der Waals surface area contributed by atoms with Crippen LogP contribution in [0.3, 0.4) is 0 Å². The van der Waals surface area contributed by atoms with Crippen LogP contribution in [0.15, 0.2) is 82.8 Å². The molecule has 0 saturated carbocycles. The molecule has 0 aliphatic carbocycles. The molecule has 0 fully saturated rings. The number of fused-ring (bicyclic) bond motifs is 7. The lowest BCUT2D eigenvalue weighted by Crippen LogP contribution is -2.06. The van der Waals surface area contributed by atoms with Gasteiger partial charge in [-0.1, -0.05) is 48.5 Å². The molecule has 0 aromatic heterocycles. The fourth-order valence-corrected chi connectivity index (χ4v) is 3.74. The Morgan fingerprint density at radius 3 is 1.25 bits per heavy atom. The maximum atomic E-state index is 4.90. The van der Waals surface area contributed by atoms with Crippen LogP contribution in [0.2, 0.25) is 0 Å². The molecule has 4 aromatic rings. The normalized spacial score (nSPS) is 14.3. The maximum Gasteiger partial charge on any atom is 0.0995 e. The average Bonchev–Trinajstić information content (AvgIpc) is 3.13. The first-order valence-electron chi connectivity index (χ1n) is 8.11. The fraction of sp³-hybridized carbons (Fsp3) is 0. The van der Waals surface area contributed by atoms with Crippen molar-refractivity contribution in [1.29, 1.82) is 0 Å². The van der Waals surface area contributed by atoms with Gasteiger partial charge >= 0.3 is 0 Å². The summed E-state index contributed by atoms with van der Waals surface area (Å²) in [4.78, 5) is 9.80. The summed E-state index contributed by atoms with van der Waals surface area (Å²) in [6.07, 6.45) is 0. The monoisotopic (exact) mass is 304 g/mol. The molecular formula is C22H12N2. The van der Waals surface area contributed by atoms with Gasteiger partial charge in [0, 0.05) is 11.1 Å². The molecule has 0 N–H and O–H groups in total. The molecule has 2 heterocycles. The van der Waals surface area contributed by atoms with Crippen molar-refractivity contribution in [1.82, 2.24) is 0 Å². The maximum absolute atomic E-state index is 4.90. The quantitative estimate of drug-likeness (QED) is 0.406. The molecule has 0 bridgehead atoms. The number of hydrogen-bond donors (Lipinski definition) is 0. The lowest BCUT2D eigenvalue weighted by molar-refractivity contribution is 1.52. The Balaban J connectivity index is 1.63. The Morgan fingerprint density at radius 2 is 0.833 bits per heavy atom. The van der Waals surface area contributed by atoms with Crippen LogP contribution >= 0.6 is 0 Å². The fourth-order valence-electron chi connectivity index (χ4n) is 3.74. The van der Waals surface area contributed by atoms with E-state index in [0.717, 1.165) is 33.9 Å². The third-order valence-corrected chi connectivity index (χ3v) is 4.93. The van der Waals surface area contributed by atoms with Crippen molar-refractivity contribution in [3.8, 4) is 0 Å². The van der Waals surface area contributed by atoms with E-state index >= 15 is 0 Å². The third kappa shape index (κ3) is 1.50. The average molecular weight is 304 g/mol. The van der Waals surface area contributed by atoms with Gasteiger partial charge in [0.25, 0.3) is 0 Å². The van der Waals surface area contributed by atoms with E-state index in [1.807, 2.05) is 0 Å². The standard InChI is InChI=1S/C22H12N2/c1-3-7-15-11-19-17(9-13(15)5-1)21-22(23-19)18-10-14-6-2-4-8-16(14)12-20(18)24-21/h1-12H. The molecule has 6 rings (SSSR count). The summed E-state index contributed by atoms with van der Waals surface area (Å²) >= 11 is 0. The van der Waals surface area contributed by atoms with Crippen LogP contribution in [0.4, 0.5) is 11.4 Å². The molecule has 0 atom stereocenters. The smallest absolute Gasteiger partial charge is 0.0995 e. The van der Waals surface area contributed by atoms with E-state index in [-0.39, 0.29) is 0 Å². The van der Waals surface area contributed by atoms with Gasteiger partial charge in [-0.15, -0.1) is 0 Å². The number of benzene rings is 4. The Bertz CT molecular complexity index is 1150. The Labute approximate surface area is 138 Å². The van der Waals surface area contributed by atoms with Gasteiger partial charge in [-0.25, -0.2) is 9.98 Å². The topological polar surface area (TPSA) is 24.7 Å². The highest BCUT2D eigenvalue weighted by atomic mass is 14.9. The highest BCUT2D eigenvalue weighted by molar-refractivity contribution is 6.60. The number of aliphatic imine (C=N–C) groups is 2. The Hall–Kier alpha value is -3.26. The van der Waals surface area contributed by atoms with Gasteiger partial charge in [0.2, 0.25) is 0 Å². The second-order valence-electron chi connectivity index (χ2n) is 6.35. The molecular weight excluding hydrogens is 292 g/mol. The summed E-state index contributed by atoms with van der Waals surface area (Å²) < 4.78 is 0. The van der Waals surface area contributed by atoms with Crippen molar-refractivity contribution >= 4 is 44.3 Å². The van der Waals surface area contributed by atoms with Gasteiger partial charge in [-0.2, -0.15) is 0 Å². The molecule has 2 aliphatic heterocycles. The van der Waals surface area contributed by atoms with Gasteiger partial charge in [-0.3, -0.25) is 0 Å². The molecule has 0 unspecified atom stereocenters. The minimum absolute atomic E-state index is 1.01. The van der Waals surface area contributed by atoms with E-state index < -0.39 is 0 Å². The molecule has 2 aliphatic rings. The summed E-state index contributed by atoms with van der Waals surface area (Å²) in [6, 6.07) is 25.6. The zero-order chi connectivity index (χ0) is 15.7. The van der Waals surface area contributed by atoms with Gasteiger partial charge in [-0.05, 0) is 45.8 Å². The lowest BCUT2D eigenvalue weighted by atomic mass is 9.99. The third-order valence-electron chi connectivity index (χ3n) is 4.93. The van der Waals surface area contributed by atoms with Crippen LogP contribution in [0.25, 0.3) is 21.5 Å². The van der Waals surface area contributed by atoms with Crippen LogP contribution < -0.4 is 0 Å². The van der Waals surface area contributed by atoms with Gasteiger partial charge in [0.15, 0.2) is 0 Å². The zero-order valence-corrected chi connectivity index (χ0v) is 12.8. The second kappa shape index (κ2) is 4.18. The van der Waals surface area contributed by atoms with E-state index in [4.69, 9.17) is 9.98 Å². The number of nitrogens with zero attached hydrogens (tertiary/aromatic N) is 2. The van der Waals surface area contributed by atoms with Gasteiger partial charge < -0.3 is 0 Å². The number of rotatable bonds is 0. The summed E-state index contributed by atoms with van der Waals surface area (Å²) in [7, 11) is 0. The van der Waals surface area contributed by atoms with Crippen LogP contribution in [0, 0.1) is 0 Å². The number of hydrogen-bond acceptors (Lipinski definition) is 2. The van der Waals surface area contributed by atoms with Crippen molar-refractivity contribution in [2.75, 3.05) is 0 Å². The van der Waals surface area contributed by atoms with Crippen molar-refractivity contribution in [2.24, 2.45) is 9.98 Å². The molecule has 0 spiro atoms. The first-order valence-corrected chi connectivity index (χ1v) is 8.11. The first kappa shape index (κ1) is 12.2. The summed E-state index contributed by atoms with van der Waals surface area (Å²) in [5, 5.41) is 4.91. The summed E-state index contributed by atoms with van der Waals surface area (Å²) in [5.41, 5.74) is 6.37. The van der Waals surface area contributed by atoms with E-state index in [1.54, 1.807) is 0 Å². The largest absolute Gasteiger partial charge is 0.245 e. The van der Waals surface area contributed by atoms with Gasteiger partial charge in [0.1, 0.15) is 0 Å². The molecule has 0 saturated heterocycles. The summed E-state index contributed by atoms with van der Waals surface area (Å²) in [6.45, 7) is 0. The minimum Gasteiger partial charge on any atom is -0.245 e. The van der Waals surface area contributed by atoms with Crippen LogP contribution in [-0.2, 0) is 0 Å². The van der Waals surface area contributed by atoms with Crippen molar-refractivity contribution in [3.63, 3.8) is 0 Å². The van der Waals surface area contributed by atoms with E-state index in [0.29, 0.717) is 0 Å². The predicted octanol–water partition coefficient (Wildman–Crippen LogP) is 5.56. The summed E-state index contributed by atoms with van der Waals surface area (Å²) in [5.74, 6) is 0. The molecule has 110 valence electrons. The SMILES string of the molecule is c1ccc2cc3c(cc2c1)N=C1C3=Nc2cc3ccccc3cc21. The highest BCUT2D eigenvalue weighted by Gasteiger charge is 2.30. The molecule has 2 heteroatoms. The van der Waals surface area contributed by atoms with Crippen LogP contribution in [-0.4, -0.2) is 11.4 Å². The lowest BCUT2D eigenvalue weighted by Gasteiger charge is -2.02. The van der Waals surface area contributed by atoms with Gasteiger partial charge in [0.05, 0.1) is 22.8 Å².